The van der Waals surface area contributed by atoms with E-state index < -0.39 is 0 Å². The fraction of sp³-hybridized carbons (Fsp3) is 0.312. The number of aromatic nitrogens is 1. The summed E-state index contributed by atoms with van der Waals surface area (Å²) in [4.78, 5) is 4.18. The summed E-state index contributed by atoms with van der Waals surface area (Å²) in [5, 5.41) is 3.60. The zero-order chi connectivity index (χ0) is 13.5. The molecular formula is C16H16N2O2. The van der Waals surface area contributed by atoms with Crippen LogP contribution in [0.1, 0.15) is 28.3 Å². The van der Waals surface area contributed by atoms with Gasteiger partial charge in [0.1, 0.15) is 0 Å². The fourth-order valence-corrected chi connectivity index (χ4v) is 3.03. The molecule has 0 fully saturated rings. The van der Waals surface area contributed by atoms with Gasteiger partial charge in [-0.3, -0.25) is 4.98 Å². The van der Waals surface area contributed by atoms with E-state index in [-0.39, 0.29) is 6.04 Å². The molecule has 4 rings (SSSR count). The van der Waals surface area contributed by atoms with Crippen LogP contribution in [-0.4, -0.2) is 18.3 Å². The molecule has 0 spiro atoms. The van der Waals surface area contributed by atoms with Gasteiger partial charge in [-0.15, -0.1) is 0 Å². The molecule has 1 unspecified atom stereocenters. The van der Waals surface area contributed by atoms with Gasteiger partial charge in [-0.05, 0) is 53.8 Å². The molecular weight excluding hydrogens is 252 g/mol. The maximum atomic E-state index is 5.52. The lowest BCUT2D eigenvalue weighted by Crippen LogP contribution is -2.31. The van der Waals surface area contributed by atoms with Gasteiger partial charge in [-0.1, -0.05) is 0 Å². The number of nitrogens with zero attached hydrogens (tertiary/aromatic N) is 1. The first-order valence-corrected chi connectivity index (χ1v) is 6.89. The highest BCUT2D eigenvalue weighted by Gasteiger charge is 2.26. The van der Waals surface area contributed by atoms with Crippen LogP contribution in [0.15, 0.2) is 30.6 Å². The Kier molecular flexibility index (Phi) is 2.63. The number of pyridine rings is 1. The predicted octanol–water partition coefficient (Wildman–Crippen LogP) is 2.35. The Balaban J connectivity index is 1.84. The predicted molar refractivity (Wildman–Crippen MR) is 75.1 cm³/mol. The lowest BCUT2D eigenvalue weighted by molar-refractivity contribution is 0.174. The summed E-state index contributed by atoms with van der Waals surface area (Å²) in [6.45, 7) is 3.40. The summed E-state index contributed by atoms with van der Waals surface area (Å²) in [5.74, 6) is 1.72. The van der Waals surface area contributed by atoms with Crippen LogP contribution in [0.3, 0.4) is 0 Å². The minimum atomic E-state index is 0.205. The molecule has 1 aromatic carbocycles. The van der Waals surface area contributed by atoms with Crippen LogP contribution < -0.4 is 14.8 Å². The number of aryl methyl sites for hydroxylation is 1. The number of ether oxygens (including phenoxy) is 2. The van der Waals surface area contributed by atoms with Crippen LogP contribution in [0, 0.1) is 6.92 Å². The van der Waals surface area contributed by atoms with Gasteiger partial charge < -0.3 is 14.8 Å². The Morgan fingerprint density at radius 1 is 1.20 bits per heavy atom. The van der Waals surface area contributed by atoms with Crippen molar-refractivity contribution in [1.29, 1.82) is 0 Å². The van der Waals surface area contributed by atoms with Crippen molar-refractivity contribution in [2.75, 3.05) is 13.3 Å². The van der Waals surface area contributed by atoms with Crippen molar-refractivity contribution in [1.82, 2.24) is 10.3 Å². The smallest absolute Gasteiger partial charge is 0.231 e. The van der Waals surface area contributed by atoms with Crippen molar-refractivity contribution in [2.45, 2.75) is 19.4 Å². The molecule has 2 aliphatic rings. The second-order valence-corrected chi connectivity index (χ2v) is 5.27. The molecule has 0 amide bonds. The molecule has 0 aliphatic carbocycles. The minimum absolute atomic E-state index is 0.205. The highest BCUT2D eigenvalue weighted by Crippen LogP contribution is 2.40. The van der Waals surface area contributed by atoms with Crippen molar-refractivity contribution >= 4 is 0 Å². The maximum absolute atomic E-state index is 5.52. The Morgan fingerprint density at radius 2 is 2.05 bits per heavy atom. The van der Waals surface area contributed by atoms with Gasteiger partial charge in [0.25, 0.3) is 0 Å². The van der Waals surface area contributed by atoms with E-state index in [1.54, 1.807) is 0 Å². The highest BCUT2D eigenvalue weighted by molar-refractivity contribution is 5.53. The van der Waals surface area contributed by atoms with Gasteiger partial charge >= 0.3 is 0 Å². The van der Waals surface area contributed by atoms with Crippen LogP contribution in [0.25, 0.3) is 0 Å². The largest absolute Gasteiger partial charge is 0.454 e. The van der Waals surface area contributed by atoms with E-state index in [2.05, 4.69) is 35.4 Å². The molecule has 1 aromatic heterocycles. The van der Waals surface area contributed by atoms with Gasteiger partial charge in [0, 0.05) is 18.9 Å². The standard InChI is InChI=1S/C16H16N2O2/c1-10-8-17-4-3-12(10)16-13-7-15-14(19-9-20-15)6-11(13)2-5-18-16/h3-4,6-8,16,18H,2,5,9H2,1H3. The van der Waals surface area contributed by atoms with Gasteiger partial charge in [0.15, 0.2) is 11.5 Å². The SMILES string of the molecule is Cc1cnccc1C1NCCc2cc3c(cc21)OCO3. The Hall–Kier alpha value is -2.07. The molecule has 2 aliphatic heterocycles. The minimum Gasteiger partial charge on any atom is -0.454 e. The van der Waals surface area contributed by atoms with Gasteiger partial charge in [-0.2, -0.15) is 0 Å². The van der Waals surface area contributed by atoms with E-state index in [1.807, 2.05) is 12.4 Å². The molecule has 2 aromatic rings. The molecule has 20 heavy (non-hydrogen) atoms. The molecule has 1 N–H and O–H groups in total. The van der Waals surface area contributed by atoms with Crippen LogP contribution in [-0.2, 0) is 6.42 Å². The maximum Gasteiger partial charge on any atom is 0.231 e. The lowest BCUT2D eigenvalue weighted by atomic mass is 9.88. The molecule has 1 atom stereocenters. The average molecular weight is 268 g/mol. The van der Waals surface area contributed by atoms with Gasteiger partial charge in [0.05, 0.1) is 6.04 Å². The fourth-order valence-electron chi connectivity index (χ4n) is 3.03. The first-order chi connectivity index (χ1) is 9.83. The van der Waals surface area contributed by atoms with E-state index in [0.717, 1.165) is 24.5 Å². The van der Waals surface area contributed by atoms with E-state index in [0.29, 0.717) is 6.79 Å². The Labute approximate surface area is 117 Å². The van der Waals surface area contributed by atoms with Crippen LogP contribution in [0.4, 0.5) is 0 Å². The molecule has 0 saturated carbocycles. The van der Waals surface area contributed by atoms with Crippen molar-refractivity contribution in [3.8, 4) is 11.5 Å². The third-order valence-electron chi connectivity index (χ3n) is 4.06. The molecule has 102 valence electrons. The summed E-state index contributed by atoms with van der Waals surface area (Å²) < 4.78 is 11.0. The average Bonchev–Trinajstić information content (AvgIpc) is 2.92. The van der Waals surface area contributed by atoms with E-state index in [1.165, 1.54) is 22.3 Å². The molecule has 0 radical (unpaired) electrons. The third kappa shape index (κ3) is 1.76. The number of hydrogen-bond donors (Lipinski definition) is 1. The summed E-state index contributed by atoms with van der Waals surface area (Å²) in [5.41, 5.74) is 5.11. The molecule has 3 heterocycles. The zero-order valence-electron chi connectivity index (χ0n) is 11.3. The van der Waals surface area contributed by atoms with Gasteiger partial charge in [-0.25, -0.2) is 0 Å². The zero-order valence-corrected chi connectivity index (χ0v) is 11.3. The number of benzene rings is 1. The molecule has 0 bridgehead atoms. The Morgan fingerprint density at radius 3 is 2.90 bits per heavy atom. The lowest BCUT2D eigenvalue weighted by Gasteiger charge is -2.28. The second kappa shape index (κ2) is 4.49. The molecule has 0 saturated heterocycles. The van der Waals surface area contributed by atoms with Crippen molar-refractivity contribution in [3.05, 3.63) is 52.8 Å². The van der Waals surface area contributed by atoms with Crippen LogP contribution in [0.2, 0.25) is 0 Å². The third-order valence-corrected chi connectivity index (χ3v) is 4.06. The summed E-state index contributed by atoms with van der Waals surface area (Å²) in [6, 6.07) is 6.54. The molecule has 4 nitrogen and oxygen atoms in total. The monoisotopic (exact) mass is 268 g/mol. The number of nitrogens with one attached hydrogen (secondary N) is 1. The van der Waals surface area contributed by atoms with Crippen molar-refractivity contribution in [3.63, 3.8) is 0 Å². The summed E-state index contributed by atoms with van der Waals surface area (Å²) in [6.07, 6.45) is 4.79. The highest BCUT2D eigenvalue weighted by atomic mass is 16.7. The topological polar surface area (TPSA) is 43.4 Å². The van der Waals surface area contributed by atoms with Crippen LogP contribution in [0.5, 0.6) is 11.5 Å². The van der Waals surface area contributed by atoms with E-state index >= 15 is 0 Å². The molecule has 4 heteroatoms. The quantitative estimate of drug-likeness (QED) is 0.862. The van der Waals surface area contributed by atoms with Crippen LogP contribution >= 0.6 is 0 Å². The van der Waals surface area contributed by atoms with Gasteiger partial charge in [0.2, 0.25) is 6.79 Å². The number of fused-ring (bicyclic) bond motifs is 2. The first kappa shape index (κ1) is 11.7. The van der Waals surface area contributed by atoms with Crippen molar-refractivity contribution < 1.29 is 9.47 Å². The van der Waals surface area contributed by atoms with E-state index in [9.17, 15) is 0 Å². The van der Waals surface area contributed by atoms with Crippen molar-refractivity contribution in [2.24, 2.45) is 0 Å². The van der Waals surface area contributed by atoms with E-state index in [4.69, 9.17) is 9.47 Å². The first-order valence-electron chi connectivity index (χ1n) is 6.89. The summed E-state index contributed by atoms with van der Waals surface area (Å²) >= 11 is 0. The summed E-state index contributed by atoms with van der Waals surface area (Å²) in [7, 11) is 0. The Bertz CT molecular complexity index is 670. The normalized spacial score (nSPS) is 19.8. The number of hydrogen-bond acceptors (Lipinski definition) is 4. The number of rotatable bonds is 1. The second-order valence-electron chi connectivity index (χ2n) is 5.27.